The number of hydrogen-bond acceptors (Lipinski definition) is 3. The van der Waals surface area contributed by atoms with Crippen LogP contribution in [0.4, 0.5) is 0 Å². The van der Waals surface area contributed by atoms with Gasteiger partial charge in [-0.25, -0.2) is 4.98 Å². The van der Waals surface area contributed by atoms with Gasteiger partial charge in [-0.2, -0.15) is 0 Å². The van der Waals surface area contributed by atoms with E-state index < -0.39 is 0 Å². The summed E-state index contributed by atoms with van der Waals surface area (Å²) in [5.74, 6) is 0.00547. The number of pyridine rings is 1. The Morgan fingerprint density at radius 2 is 1.95 bits per heavy atom. The zero-order valence-corrected chi connectivity index (χ0v) is 13.9. The van der Waals surface area contributed by atoms with E-state index in [4.69, 9.17) is 5.73 Å². The fraction of sp³-hybridized carbons (Fsp3) is 0.375. The molecule has 120 valence electrons. The van der Waals surface area contributed by atoms with Gasteiger partial charge in [0.25, 0.3) is 5.91 Å². The first-order valence-electron chi connectivity index (χ1n) is 7.16. The maximum atomic E-state index is 12.6. The molecule has 1 fully saturated rings. The molecule has 1 aromatic heterocycles. The Hall–Kier alpha value is -1.36. The van der Waals surface area contributed by atoms with Gasteiger partial charge in [0.1, 0.15) is 5.69 Å². The van der Waals surface area contributed by atoms with E-state index in [-0.39, 0.29) is 36.8 Å². The van der Waals surface area contributed by atoms with Gasteiger partial charge in [-0.1, -0.05) is 24.3 Å². The highest BCUT2D eigenvalue weighted by Gasteiger charge is 2.27. The van der Waals surface area contributed by atoms with Crippen LogP contribution < -0.4 is 5.73 Å². The molecule has 6 heteroatoms. The van der Waals surface area contributed by atoms with Gasteiger partial charge in [-0.05, 0) is 31.4 Å². The van der Waals surface area contributed by atoms with Crippen LogP contribution in [0.15, 0.2) is 36.4 Å². The van der Waals surface area contributed by atoms with E-state index in [2.05, 4.69) is 4.98 Å². The molecule has 4 nitrogen and oxygen atoms in total. The number of halogens is 2. The number of hydrogen-bond donors (Lipinski definition) is 1. The molecule has 1 aliphatic heterocycles. The number of carbonyl (C=O) groups excluding carboxylic acids is 1. The van der Waals surface area contributed by atoms with Crippen LogP contribution in [-0.4, -0.2) is 34.9 Å². The Bertz CT molecular complexity index is 636. The molecule has 1 saturated heterocycles. The molecule has 1 aliphatic rings. The van der Waals surface area contributed by atoms with Crippen molar-refractivity contribution in [3.8, 4) is 0 Å². The predicted molar refractivity (Wildman–Crippen MR) is 94.0 cm³/mol. The van der Waals surface area contributed by atoms with Crippen molar-refractivity contribution < 1.29 is 4.79 Å². The van der Waals surface area contributed by atoms with Crippen LogP contribution in [0.3, 0.4) is 0 Å². The third kappa shape index (κ3) is 3.69. The Labute approximate surface area is 142 Å². The van der Waals surface area contributed by atoms with E-state index in [1.807, 2.05) is 41.3 Å². The second kappa shape index (κ2) is 8.32. The van der Waals surface area contributed by atoms with Crippen molar-refractivity contribution in [1.82, 2.24) is 9.88 Å². The van der Waals surface area contributed by atoms with E-state index in [9.17, 15) is 4.79 Å². The van der Waals surface area contributed by atoms with Crippen LogP contribution in [-0.2, 0) is 0 Å². The van der Waals surface area contributed by atoms with Crippen LogP contribution >= 0.6 is 24.8 Å². The van der Waals surface area contributed by atoms with Gasteiger partial charge in [0.05, 0.1) is 5.52 Å². The molecule has 2 heterocycles. The second-order valence-corrected chi connectivity index (χ2v) is 5.27. The number of amides is 1. The molecule has 0 aliphatic carbocycles. The molecule has 0 bridgehead atoms. The van der Waals surface area contributed by atoms with Gasteiger partial charge in [0.2, 0.25) is 0 Å². The monoisotopic (exact) mass is 341 g/mol. The molecule has 0 saturated carbocycles. The molecule has 0 radical (unpaired) electrons. The SMILES string of the molecule is Cl.Cl.NCC1CCCCN1C(=O)c1ccc2ccccc2n1. The second-order valence-electron chi connectivity index (χ2n) is 5.27. The predicted octanol–water partition coefficient (Wildman–Crippen LogP) is 3.03. The van der Waals surface area contributed by atoms with Crippen LogP contribution in [0.5, 0.6) is 0 Å². The van der Waals surface area contributed by atoms with Crippen molar-refractivity contribution in [2.75, 3.05) is 13.1 Å². The van der Waals surface area contributed by atoms with Crippen molar-refractivity contribution >= 4 is 41.6 Å². The summed E-state index contributed by atoms with van der Waals surface area (Å²) in [4.78, 5) is 19.0. The number of nitrogens with zero attached hydrogens (tertiary/aromatic N) is 2. The van der Waals surface area contributed by atoms with Gasteiger partial charge >= 0.3 is 0 Å². The third-order valence-electron chi connectivity index (χ3n) is 3.98. The molecule has 0 spiro atoms. The fourth-order valence-electron chi connectivity index (χ4n) is 2.85. The van der Waals surface area contributed by atoms with E-state index in [1.54, 1.807) is 0 Å². The Kier molecular flexibility index (Phi) is 7.07. The summed E-state index contributed by atoms with van der Waals surface area (Å²) in [5, 5.41) is 1.05. The molecule has 1 aromatic carbocycles. The zero-order valence-electron chi connectivity index (χ0n) is 12.3. The lowest BCUT2D eigenvalue weighted by molar-refractivity contribution is 0.0617. The number of rotatable bonds is 2. The number of aromatic nitrogens is 1. The number of fused-ring (bicyclic) bond motifs is 1. The maximum Gasteiger partial charge on any atom is 0.272 e. The number of piperidine rings is 1. The first kappa shape index (κ1) is 18.7. The van der Waals surface area contributed by atoms with Crippen LogP contribution in [0.25, 0.3) is 10.9 Å². The highest BCUT2D eigenvalue weighted by atomic mass is 35.5. The molecule has 1 amide bonds. The molecule has 2 aromatic rings. The topological polar surface area (TPSA) is 59.2 Å². The lowest BCUT2D eigenvalue weighted by atomic mass is 10.0. The molecular weight excluding hydrogens is 321 g/mol. The molecule has 2 N–H and O–H groups in total. The molecule has 3 rings (SSSR count). The number of carbonyl (C=O) groups is 1. The average Bonchev–Trinajstić information content (AvgIpc) is 2.53. The van der Waals surface area contributed by atoms with Crippen molar-refractivity contribution in [1.29, 1.82) is 0 Å². The fourth-order valence-corrected chi connectivity index (χ4v) is 2.85. The summed E-state index contributed by atoms with van der Waals surface area (Å²) in [6.07, 6.45) is 3.20. The van der Waals surface area contributed by atoms with E-state index in [1.165, 1.54) is 0 Å². The van der Waals surface area contributed by atoms with Gasteiger partial charge in [0, 0.05) is 24.5 Å². The summed E-state index contributed by atoms with van der Waals surface area (Å²) in [5.41, 5.74) is 7.16. The Balaban J connectivity index is 0.00000121. The average molecular weight is 342 g/mol. The summed E-state index contributed by atoms with van der Waals surface area (Å²) in [7, 11) is 0. The first-order chi connectivity index (χ1) is 9.79. The minimum Gasteiger partial charge on any atom is -0.333 e. The number of nitrogens with two attached hydrogens (primary N) is 1. The Morgan fingerprint density at radius 3 is 2.73 bits per heavy atom. The summed E-state index contributed by atoms with van der Waals surface area (Å²) < 4.78 is 0. The van der Waals surface area contributed by atoms with E-state index >= 15 is 0 Å². The first-order valence-corrected chi connectivity index (χ1v) is 7.16. The number of likely N-dealkylation sites (tertiary alicyclic amines) is 1. The van der Waals surface area contributed by atoms with Crippen molar-refractivity contribution in [3.63, 3.8) is 0 Å². The van der Waals surface area contributed by atoms with E-state index in [0.717, 1.165) is 36.7 Å². The van der Waals surface area contributed by atoms with Crippen molar-refractivity contribution in [2.24, 2.45) is 5.73 Å². The number of para-hydroxylation sites is 1. The van der Waals surface area contributed by atoms with Gasteiger partial charge in [-0.15, -0.1) is 24.8 Å². The quantitative estimate of drug-likeness (QED) is 0.913. The Morgan fingerprint density at radius 1 is 1.18 bits per heavy atom. The van der Waals surface area contributed by atoms with Crippen LogP contribution in [0.2, 0.25) is 0 Å². The third-order valence-corrected chi connectivity index (χ3v) is 3.98. The molecule has 22 heavy (non-hydrogen) atoms. The normalized spacial score (nSPS) is 17.5. The van der Waals surface area contributed by atoms with Crippen molar-refractivity contribution in [3.05, 3.63) is 42.1 Å². The van der Waals surface area contributed by atoms with Crippen molar-refractivity contribution in [2.45, 2.75) is 25.3 Å². The largest absolute Gasteiger partial charge is 0.333 e. The highest BCUT2D eigenvalue weighted by Crippen LogP contribution is 2.19. The maximum absolute atomic E-state index is 12.6. The number of benzene rings is 1. The summed E-state index contributed by atoms with van der Waals surface area (Å²) >= 11 is 0. The molecule has 1 atom stereocenters. The minimum absolute atomic E-state index is 0. The standard InChI is InChI=1S/C16H19N3O.2ClH/c17-11-13-6-3-4-10-19(13)16(20)15-9-8-12-5-1-2-7-14(12)18-15;;/h1-2,5,7-9,13H,3-4,6,10-11,17H2;2*1H. The van der Waals surface area contributed by atoms with E-state index in [0.29, 0.717) is 12.2 Å². The molecular formula is C16H21Cl2N3O. The minimum atomic E-state index is 0. The molecule has 1 unspecified atom stereocenters. The highest BCUT2D eigenvalue weighted by molar-refractivity contribution is 5.95. The van der Waals surface area contributed by atoms with Gasteiger partial charge in [0.15, 0.2) is 0 Å². The van der Waals surface area contributed by atoms with Gasteiger partial charge in [-0.3, -0.25) is 4.79 Å². The van der Waals surface area contributed by atoms with Crippen LogP contribution in [0.1, 0.15) is 29.8 Å². The van der Waals surface area contributed by atoms with Crippen LogP contribution in [0, 0.1) is 0 Å². The summed E-state index contributed by atoms with van der Waals surface area (Å²) in [6, 6.07) is 11.8. The smallest absolute Gasteiger partial charge is 0.272 e. The lowest BCUT2D eigenvalue weighted by Gasteiger charge is -2.34. The summed E-state index contributed by atoms with van der Waals surface area (Å²) in [6.45, 7) is 1.31. The zero-order chi connectivity index (χ0) is 13.9. The van der Waals surface area contributed by atoms with Gasteiger partial charge < -0.3 is 10.6 Å². The lowest BCUT2D eigenvalue weighted by Crippen LogP contribution is -2.47.